The molecule has 3 unspecified atom stereocenters. The lowest BCUT2D eigenvalue weighted by atomic mass is 9.73. The number of aliphatic hydroxyl groups is 1. The van der Waals surface area contributed by atoms with Crippen LogP contribution < -0.4 is 10.5 Å². The molecule has 0 aromatic heterocycles. The summed E-state index contributed by atoms with van der Waals surface area (Å²) in [5, 5.41) is 10.8. The van der Waals surface area contributed by atoms with Gasteiger partial charge in [0.1, 0.15) is 5.75 Å². The van der Waals surface area contributed by atoms with Gasteiger partial charge >= 0.3 is 0 Å². The number of methoxy groups -OCH3 is 1. The van der Waals surface area contributed by atoms with E-state index in [2.05, 4.69) is 13.8 Å². The fourth-order valence-corrected chi connectivity index (χ4v) is 3.59. The van der Waals surface area contributed by atoms with E-state index in [-0.39, 0.29) is 17.4 Å². The van der Waals surface area contributed by atoms with Crippen LogP contribution in [-0.4, -0.2) is 24.9 Å². The van der Waals surface area contributed by atoms with Crippen LogP contribution in [0.2, 0.25) is 0 Å². The largest absolute Gasteiger partial charge is 0.497 e. The minimum absolute atomic E-state index is 0.00304. The van der Waals surface area contributed by atoms with E-state index < -0.39 is 0 Å². The topological polar surface area (TPSA) is 55.5 Å². The van der Waals surface area contributed by atoms with Gasteiger partial charge in [-0.3, -0.25) is 0 Å². The van der Waals surface area contributed by atoms with Crippen molar-refractivity contribution in [1.82, 2.24) is 0 Å². The van der Waals surface area contributed by atoms with Crippen LogP contribution in [0.25, 0.3) is 0 Å². The molecule has 3 heteroatoms. The van der Waals surface area contributed by atoms with Gasteiger partial charge in [-0.25, -0.2) is 0 Å². The Bertz CT molecular complexity index is 427. The van der Waals surface area contributed by atoms with Crippen LogP contribution in [0.3, 0.4) is 0 Å². The van der Waals surface area contributed by atoms with Crippen molar-refractivity contribution in [3.05, 3.63) is 29.8 Å². The second-order valence-electron chi connectivity index (χ2n) is 6.59. The molecule has 1 aromatic rings. The summed E-state index contributed by atoms with van der Waals surface area (Å²) in [4.78, 5) is 0. The minimum Gasteiger partial charge on any atom is -0.497 e. The van der Waals surface area contributed by atoms with Crippen molar-refractivity contribution in [2.24, 2.45) is 17.1 Å². The lowest BCUT2D eigenvalue weighted by molar-refractivity contribution is 0.0346. The second-order valence-corrected chi connectivity index (χ2v) is 6.59. The van der Waals surface area contributed by atoms with Crippen molar-refractivity contribution in [1.29, 1.82) is 0 Å². The molecule has 2 rings (SSSR count). The maximum absolute atomic E-state index is 10.8. The second kappa shape index (κ2) is 6.15. The van der Waals surface area contributed by atoms with Crippen molar-refractivity contribution in [3.63, 3.8) is 0 Å². The molecular formula is C17H27NO2. The first-order valence-electron chi connectivity index (χ1n) is 7.51. The third-order valence-corrected chi connectivity index (χ3v) is 4.96. The van der Waals surface area contributed by atoms with Crippen LogP contribution in [0.4, 0.5) is 0 Å². The first-order chi connectivity index (χ1) is 9.49. The lowest BCUT2D eigenvalue weighted by Crippen LogP contribution is -2.37. The highest BCUT2D eigenvalue weighted by Gasteiger charge is 2.41. The molecule has 1 aliphatic carbocycles. The highest BCUT2D eigenvalue weighted by atomic mass is 16.5. The number of rotatable bonds is 5. The van der Waals surface area contributed by atoms with E-state index in [4.69, 9.17) is 10.5 Å². The smallest absolute Gasteiger partial charge is 0.118 e. The normalized spacial score (nSPS) is 24.4. The van der Waals surface area contributed by atoms with E-state index in [1.165, 1.54) is 12.8 Å². The summed E-state index contributed by atoms with van der Waals surface area (Å²) in [6, 6.07) is 7.90. The van der Waals surface area contributed by atoms with Gasteiger partial charge in [0.25, 0.3) is 0 Å². The van der Waals surface area contributed by atoms with Crippen LogP contribution in [0.5, 0.6) is 5.75 Å². The Balaban J connectivity index is 2.18. The predicted octanol–water partition coefficient (Wildman–Crippen LogP) is 2.92. The summed E-state index contributed by atoms with van der Waals surface area (Å²) in [6.45, 7) is 4.99. The van der Waals surface area contributed by atoms with E-state index in [0.29, 0.717) is 12.5 Å². The molecule has 0 radical (unpaired) electrons. The Kier molecular flexibility index (Phi) is 4.71. The highest BCUT2D eigenvalue weighted by Crippen LogP contribution is 2.47. The highest BCUT2D eigenvalue weighted by molar-refractivity contribution is 5.30. The molecule has 3 N–H and O–H groups in total. The molecule has 0 bridgehead atoms. The fourth-order valence-electron chi connectivity index (χ4n) is 3.59. The number of ether oxygens (including phenoxy) is 1. The average Bonchev–Trinajstić information content (AvgIpc) is 2.79. The Hall–Kier alpha value is -1.06. The van der Waals surface area contributed by atoms with Crippen LogP contribution in [-0.2, 0) is 0 Å². The van der Waals surface area contributed by atoms with Gasteiger partial charge in [-0.1, -0.05) is 32.4 Å². The number of hydrogen-bond donors (Lipinski definition) is 2. The molecule has 3 atom stereocenters. The first-order valence-corrected chi connectivity index (χ1v) is 7.51. The van der Waals surface area contributed by atoms with Crippen molar-refractivity contribution in [3.8, 4) is 5.75 Å². The van der Waals surface area contributed by atoms with E-state index in [1.54, 1.807) is 7.11 Å². The Morgan fingerprint density at radius 1 is 1.35 bits per heavy atom. The van der Waals surface area contributed by atoms with Gasteiger partial charge in [0, 0.05) is 12.5 Å². The maximum Gasteiger partial charge on any atom is 0.118 e. The zero-order valence-electron chi connectivity index (χ0n) is 12.8. The fraction of sp³-hybridized carbons (Fsp3) is 0.647. The molecule has 0 spiro atoms. The monoisotopic (exact) mass is 277 g/mol. The van der Waals surface area contributed by atoms with Crippen molar-refractivity contribution in [2.45, 2.75) is 45.1 Å². The predicted molar refractivity (Wildman–Crippen MR) is 81.9 cm³/mol. The Morgan fingerprint density at radius 2 is 2.00 bits per heavy atom. The average molecular weight is 277 g/mol. The van der Waals surface area contributed by atoms with Gasteiger partial charge in [-0.05, 0) is 41.9 Å². The van der Waals surface area contributed by atoms with E-state index in [0.717, 1.165) is 17.7 Å². The van der Waals surface area contributed by atoms with Crippen molar-refractivity contribution >= 4 is 0 Å². The zero-order chi connectivity index (χ0) is 14.8. The third-order valence-electron chi connectivity index (χ3n) is 4.96. The van der Waals surface area contributed by atoms with Gasteiger partial charge < -0.3 is 15.6 Å². The molecule has 3 nitrogen and oxygen atoms in total. The van der Waals surface area contributed by atoms with Crippen LogP contribution in [0.15, 0.2) is 24.3 Å². The minimum atomic E-state index is -0.370. The molecule has 0 saturated heterocycles. The molecule has 1 aromatic carbocycles. The molecule has 0 amide bonds. The number of aliphatic hydroxyl groups excluding tert-OH is 1. The summed E-state index contributed by atoms with van der Waals surface area (Å²) >= 11 is 0. The number of hydrogen-bond acceptors (Lipinski definition) is 3. The summed E-state index contributed by atoms with van der Waals surface area (Å²) < 4.78 is 5.18. The van der Waals surface area contributed by atoms with Gasteiger partial charge in [0.05, 0.1) is 13.2 Å². The molecule has 112 valence electrons. The Morgan fingerprint density at radius 3 is 2.45 bits per heavy atom. The van der Waals surface area contributed by atoms with Crippen LogP contribution >= 0.6 is 0 Å². The van der Waals surface area contributed by atoms with E-state index in [9.17, 15) is 5.11 Å². The standard InChI is InChI=1S/C17H27NO2/c1-17(2)10-4-5-15(17)16(19)14(11-18)12-6-8-13(20-3)9-7-12/h6-9,14-16,19H,4-5,10-11,18H2,1-3H3. The zero-order valence-corrected chi connectivity index (χ0v) is 12.8. The van der Waals surface area contributed by atoms with Gasteiger partial charge in [-0.2, -0.15) is 0 Å². The quantitative estimate of drug-likeness (QED) is 0.870. The van der Waals surface area contributed by atoms with Gasteiger partial charge in [0.15, 0.2) is 0 Å². The molecule has 1 aliphatic rings. The summed E-state index contributed by atoms with van der Waals surface area (Å²) in [5.41, 5.74) is 7.25. The molecule has 1 saturated carbocycles. The Labute approximate surface area is 122 Å². The number of nitrogens with two attached hydrogens (primary N) is 1. The van der Waals surface area contributed by atoms with Crippen molar-refractivity contribution < 1.29 is 9.84 Å². The maximum atomic E-state index is 10.8. The van der Waals surface area contributed by atoms with Gasteiger partial charge in [0.2, 0.25) is 0 Å². The lowest BCUT2D eigenvalue weighted by Gasteiger charge is -2.35. The summed E-state index contributed by atoms with van der Waals surface area (Å²) in [5.74, 6) is 1.17. The van der Waals surface area contributed by atoms with Crippen molar-refractivity contribution in [2.75, 3.05) is 13.7 Å². The van der Waals surface area contributed by atoms with Gasteiger partial charge in [-0.15, -0.1) is 0 Å². The van der Waals surface area contributed by atoms with E-state index in [1.807, 2.05) is 24.3 Å². The summed E-state index contributed by atoms with van der Waals surface area (Å²) in [7, 11) is 1.66. The molecule has 0 heterocycles. The number of benzene rings is 1. The van der Waals surface area contributed by atoms with Crippen LogP contribution in [0, 0.1) is 11.3 Å². The molecular weight excluding hydrogens is 250 g/mol. The SMILES string of the molecule is COc1ccc(C(CN)C(O)C2CCCC2(C)C)cc1. The first kappa shape index (κ1) is 15.3. The van der Waals surface area contributed by atoms with Crippen LogP contribution in [0.1, 0.15) is 44.6 Å². The third kappa shape index (κ3) is 2.99. The molecule has 20 heavy (non-hydrogen) atoms. The van der Waals surface area contributed by atoms with E-state index >= 15 is 0 Å². The molecule has 1 fully saturated rings. The summed E-state index contributed by atoms with van der Waals surface area (Å²) in [6.07, 6.45) is 3.12. The molecule has 0 aliphatic heterocycles.